The van der Waals surface area contributed by atoms with Gasteiger partial charge < -0.3 is 24.7 Å². The third-order valence-electron chi connectivity index (χ3n) is 5.51. The molecule has 2 atom stereocenters. The van der Waals surface area contributed by atoms with Gasteiger partial charge in [0.2, 0.25) is 0 Å². The normalized spacial score (nSPS) is 13.7. The number of benzene rings is 1. The summed E-state index contributed by atoms with van der Waals surface area (Å²) in [6.45, 7) is 10.6. The van der Waals surface area contributed by atoms with Crippen LogP contribution in [0.1, 0.15) is 66.4 Å². The quantitative estimate of drug-likeness (QED) is 0.323. The first kappa shape index (κ1) is 30.1. The molecule has 0 saturated carbocycles. The molecule has 9 heteroatoms. The summed E-state index contributed by atoms with van der Waals surface area (Å²) in [6, 6.07) is 4.61. The standard InChI is InChI=1S/C26H39NO8/c1-8-18(6)13-22(28)33-12-11-26(27,25(31)32-7)15-19-9-10-20(34-23(29)16(2)3)21(14-19)35-24(30)17(4)5/h9-10,14,16-18H,8,11-13,15,27H2,1-7H3/t18?,26-/m1/s1. The molecule has 0 radical (unpaired) electrons. The summed E-state index contributed by atoms with van der Waals surface area (Å²) >= 11 is 0. The highest BCUT2D eigenvalue weighted by Gasteiger charge is 2.36. The lowest BCUT2D eigenvalue weighted by Gasteiger charge is -2.27. The first-order chi connectivity index (χ1) is 16.3. The van der Waals surface area contributed by atoms with Crippen molar-refractivity contribution < 1.29 is 38.1 Å². The van der Waals surface area contributed by atoms with Crippen LogP contribution < -0.4 is 15.2 Å². The van der Waals surface area contributed by atoms with Crippen molar-refractivity contribution in [3.8, 4) is 11.5 Å². The summed E-state index contributed by atoms with van der Waals surface area (Å²) in [4.78, 5) is 48.9. The van der Waals surface area contributed by atoms with Crippen LogP contribution in [-0.2, 0) is 35.1 Å². The predicted molar refractivity (Wildman–Crippen MR) is 130 cm³/mol. The van der Waals surface area contributed by atoms with E-state index < -0.39 is 29.4 Å². The molecule has 0 bridgehead atoms. The molecule has 196 valence electrons. The topological polar surface area (TPSA) is 131 Å². The first-order valence-electron chi connectivity index (χ1n) is 11.9. The van der Waals surface area contributed by atoms with Crippen molar-refractivity contribution in [1.82, 2.24) is 0 Å². The number of carbonyl (C=O) groups is 4. The van der Waals surface area contributed by atoms with Crippen molar-refractivity contribution in [1.29, 1.82) is 0 Å². The van der Waals surface area contributed by atoms with Crippen LogP contribution in [0, 0.1) is 17.8 Å². The van der Waals surface area contributed by atoms with Gasteiger partial charge in [0.1, 0.15) is 5.54 Å². The maximum Gasteiger partial charge on any atom is 0.326 e. The van der Waals surface area contributed by atoms with Gasteiger partial charge in [-0.15, -0.1) is 0 Å². The Morgan fingerprint density at radius 2 is 1.51 bits per heavy atom. The van der Waals surface area contributed by atoms with Gasteiger partial charge in [0.15, 0.2) is 11.5 Å². The SMILES string of the molecule is CCC(C)CC(=O)OCC[C@@](N)(Cc1ccc(OC(=O)C(C)C)c(OC(=O)C(C)C)c1)C(=O)OC. The van der Waals surface area contributed by atoms with Crippen molar-refractivity contribution in [2.45, 2.75) is 72.8 Å². The van der Waals surface area contributed by atoms with Gasteiger partial charge in [-0.3, -0.25) is 19.2 Å². The molecular weight excluding hydrogens is 454 g/mol. The number of nitrogens with two attached hydrogens (primary N) is 1. The Morgan fingerprint density at radius 3 is 2.03 bits per heavy atom. The molecular formula is C26H39NO8. The Kier molecular flexibility index (Phi) is 11.9. The van der Waals surface area contributed by atoms with Crippen LogP contribution in [0.2, 0.25) is 0 Å². The molecule has 0 aromatic heterocycles. The lowest BCUT2D eigenvalue weighted by Crippen LogP contribution is -2.51. The van der Waals surface area contributed by atoms with Crippen molar-refractivity contribution >= 4 is 23.9 Å². The van der Waals surface area contributed by atoms with Crippen LogP contribution in [-0.4, -0.2) is 43.1 Å². The van der Waals surface area contributed by atoms with Crippen LogP contribution >= 0.6 is 0 Å². The Hall–Kier alpha value is -2.94. The van der Waals surface area contributed by atoms with Crippen molar-refractivity contribution in [3.05, 3.63) is 23.8 Å². The maximum absolute atomic E-state index is 12.5. The second-order valence-corrected chi connectivity index (χ2v) is 9.45. The highest BCUT2D eigenvalue weighted by molar-refractivity contribution is 5.81. The lowest BCUT2D eigenvalue weighted by molar-refractivity contribution is -0.151. The number of carbonyl (C=O) groups excluding carboxylic acids is 4. The molecule has 0 amide bonds. The minimum absolute atomic E-state index is 0.00717. The van der Waals surface area contributed by atoms with E-state index in [1.807, 2.05) is 13.8 Å². The van der Waals surface area contributed by atoms with Crippen LogP contribution in [0.3, 0.4) is 0 Å². The van der Waals surface area contributed by atoms with Crippen molar-refractivity contribution in [2.24, 2.45) is 23.5 Å². The number of hydrogen-bond acceptors (Lipinski definition) is 9. The zero-order valence-electron chi connectivity index (χ0n) is 21.8. The van der Waals surface area contributed by atoms with E-state index in [2.05, 4.69) is 0 Å². The molecule has 1 rings (SSSR count). The largest absolute Gasteiger partial charge is 0.468 e. The Morgan fingerprint density at radius 1 is 0.943 bits per heavy atom. The fraction of sp³-hybridized carbons (Fsp3) is 0.615. The summed E-state index contributed by atoms with van der Waals surface area (Å²) in [5.41, 5.74) is 5.44. The molecule has 1 aromatic rings. The van der Waals surface area contributed by atoms with Crippen molar-refractivity contribution in [3.63, 3.8) is 0 Å². The molecule has 0 aliphatic heterocycles. The summed E-state index contributed by atoms with van der Waals surface area (Å²) < 4.78 is 21.0. The molecule has 2 N–H and O–H groups in total. The van der Waals surface area contributed by atoms with E-state index in [1.54, 1.807) is 33.8 Å². The van der Waals surface area contributed by atoms with Crippen molar-refractivity contribution in [2.75, 3.05) is 13.7 Å². The van der Waals surface area contributed by atoms with E-state index in [4.69, 9.17) is 24.7 Å². The zero-order valence-corrected chi connectivity index (χ0v) is 21.8. The molecule has 0 aliphatic rings. The fourth-order valence-corrected chi connectivity index (χ4v) is 2.94. The average Bonchev–Trinajstić information content (AvgIpc) is 2.79. The molecule has 0 heterocycles. The highest BCUT2D eigenvalue weighted by Crippen LogP contribution is 2.32. The summed E-state index contributed by atoms with van der Waals surface area (Å²) in [6.07, 6.45) is 1.17. The summed E-state index contributed by atoms with van der Waals surface area (Å²) in [5.74, 6) is -2.50. The predicted octanol–water partition coefficient (Wildman–Crippen LogP) is 3.59. The maximum atomic E-state index is 12.5. The van der Waals surface area contributed by atoms with Crippen LogP contribution in [0.5, 0.6) is 11.5 Å². The van der Waals surface area contributed by atoms with Gasteiger partial charge in [-0.25, -0.2) is 0 Å². The summed E-state index contributed by atoms with van der Waals surface area (Å²) in [5, 5.41) is 0. The van der Waals surface area contributed by atoms with E-state index in [0.717, 1.165) is 6.42 Å². The molecule has 35 heavy (non-hydrogen) atoms. The lowest BCUT2D eigenvalue weighted by atomic mass is 9.88. The molecule has 0 aliphatic carbocycles. The highest BCUT2D eigenvalue weighted by atomic mass is 16.6. The zero-order chi connectivity index (χ0) is 26.8. The molecule has 1 aromatic carbocycles. The third-order valence-corrected chi connectivity index (χ3v) is 5.51. The monoisotopic (exact) mass is 493 g/mol. The van der Waals surface area contributed by atoms with Crippen LogP contribution in [0.4, 0.5) is 0 Å². The fourth-order valence-electron chi connectivity index (χ4n) is 2.94. The van der Waals surface area contributed by atoms with Gasteiger partial charge in [-0.2, -0.15) is 0 Å². The number of esters is 4. The average molecular weight is 494 g/mol. The van der Waals surface area contributed by atoms with E-state index >= 15 is 0 Å². The first-order valence-corrected chi connectivity index (χ1v) is 11.9. The second-order valence-electron chi connectivity index (χ2n) is 9.45. The van der Waals surface area contributed by atoms with Gasteiger partial charge in [0.05, 0.1) is 25.6 Å². The number of methoxy groups -OCH3 is 1. The molecule has 0 saturated heterocycles. The Balaban J connectivity index is 3.13. The third kappa shape index (κ3) is 9.68. The van der Waals surface area contributed by atoms with E-state index in [0.29, 0.717) is 5.56 Å². The molecule has 9 nitrogen and oxygen atoms in total. The van der Waals surface area contributed by atoms with E-state index in [-0.39, 0.29) is 55.2 Å². The number of hydrogen-bond donors (Lipinski definition) is 1. The van der Waals surface area contributed by atoms with Gasteiger partial charge in [-0.05, 0) is 23.6 Å². The minimum atomic E-state index is -1.50. The van der Waals surface area contributed by atoms with Gasteiger partial charge in [-0.1, -0.05) is 54.0 Å². The van der Waals surface area contributed by atoms with Gasteiger partial charge in [0.25, 0.3) is 0 Å². The number of rotatable bonds is 13. The molecule has 1 unspecified atom stereocenters. The van der Waals surface area contributed by atoms with E-state index in [1.165, 1.54) is 19.2 Å². The number of ether oxygens (including phenoxy) is 4. The van der Waals surface area contributed by atoms with Gasteiger partial charge >= 0.3 is 23.9 Å². The van der Waals surface area contributed by atoms with E-state index in [9.17, 15) is 19.2 Å². The second kappa shape index (κ2) is 13.8. The summed E-state index contributed by atoms with van der Waals surface area (Å²) in [7, 11) is 1.23. The van der Waals surface area contributed by atoms with Gasteiger partial charge in [0, 0.05) is 19.3 Å². The minimum Gasteiger partial charge on any atom is -0.468 e. The molecule has 0 fully saturated rings. The van der Waals surface area contributed by atoms with Crippen LogP contribution in [0.25, 0.3) is 0 Å². The smallest absolute Gasteiger partial charge is 0.326 e. The Bertz CT molecular complexity index is 895. The van der Waals surface area contributed by atoms with Crippen LogP contribution in [0.15, 0.2) is 18.2 Å². The Labute approximate surface area is 207 Å². The molecule has 0 spiro atoms.